The highest BCUT2D eigenvalue weighted by Crippen LogP contribution is 2.29. The third kappa shape index (κ3) is 3.35. The van der Waals surface area contributed by atoms with Gasteiger partial charge in [0.1, 0.15) is 5.76 Å². The molecule has 2 rings (SSSR count). The maximum Gasteiger partial charge on any atom is 0.122 e. The normalized spacial score (nSPS) is 15.9. The van der Waals surface area contributed by atoms with Crippen molar-refractivity contribution in [2.75, 3.05) is 20.1 Å². The Hall–Kier alpha value is -0.800. The first-order valence-electron chi connectivity index (χ1n) is 6.24. The van der Waals surface area contributed by atoms with E-state index in [-0.39, 0.29) is 0 Å². The molecular weight excluding hydrogens is 200 g/mol. The van der Waals surface area contributed by atoms with Gasteiger partial charge in [-0.25, -0.2) is 0 Å². The molecule has 1 heterocycles. The van der Waals surface area contributed by atoms with Crippen molar-refractivity contribution in [1.29, 1.82) is 0 Å². The molecule has 0 aromatic carbocycles. The van der Waals surface area contributed by atoms with E-state index in [2.05, 4.69) is 30.3 Å². The molecule has 0 aliphatic heterocycles. The third-order valence-corrected chi connectivity index (χ3v) is 3.08. The number of hydrogen-bond donors (Lipinski definition) is 1. The van der Waals surface area contributed by atoms with Crippen molar-refractivity contribution in [3.05, 3.63) is 23.7 Å². The SMILES string of the molecule is CCNCc1ccoc1CN(C)CC1CC1. The molecule has 0 radical (unpaired) electrons. The van der Waals surface area contributed by atoms with E-state index in [1.165, 1.54) is 24.9 Å². The minimum atomic E-state index is 0.916. The Morgan fingerprint density at radius 2 is 2.31 bits per heavy atom. The first-order chi connectivity index (χ1) is 7.79. The minimum Gasteiger partial charge on any atom is -0.468 e. The van der Waals surface area contributed by atoms with Crippen molar-refractivity contribution in [2.24, 2.45) is 5.92 Å². The maximum atomic E-state index is 5.55. The summed E-state index contributed by atoms with van der Waals surface area (Å²) < 4.78 is 5.55. The molecule has 3 nitrogen and oxygen atoms in total. The summed E-state index contributed by atoms with van der Waals surface area (Å²) >= 11 is 0. The van der Waals surface area contributed by atoms with Gasteiger partial charge in [-0.1, -0.05) is 6.92 Å². The van der Waals surface area contributed by atoms with E-state index in [0.717, 1.165) is 31.3 Å². The summed E-state index contributed by atoms with van der Waals surface area (Å²) in [6.45, 7) is 6.19. The van der Waals surface area contributed by atoms with Gasteiger partial charge < -0.3 is 9.73 Å². The summed E-state index contributed by atoms with van der Waals surface area (Å²) in [5.74, 6) is 2.06. The average molecular weight is 222 g/mol. The van der Waals surface area contributed by atoms with E-state index >= 15 is 0 Å². The average Bonchev–Trinajstić information content (AvgIpc) is 2.95. The van der Waals surface area contributed by atoms with Crippen molar-refractivity contribution in [3.63, 3.8) is 0 Å². The second kappa shape index (κ2) is 5.51. The lowest BCUT2D eigenvalue weighted by molar-refractivity contribution is 0.282. The van der Waals surface area contributed by atoms with E-state index < -0.39 is 0 Å². The van der Waals surface area contributed by atoms with Crippen LogP contribution in [0.5, 0.6) is 0 Å². The van der Waals surface area contributed by atoms with Gasteiger partial charge in [0.05, 0.1) is 12.8 Å². The predicted octanol–water partition coefficient (Wildman–Crippen LogP) is 2.23. The minimum absolute atomic E-state index is 0.916. The fraction of sp³-hybridized carbons (Fsp3) is 0.692. The van der Waals surface area contributed by atoms with Gasteiger partial charge in [-0.05, 0) is 38.4 Å². The van der Waals surface area contributed by atoms with E-state index in [0.29, 0.717) is 0 Å². The highest BCUT2D eigenvalue weighted by Gasteiger charge is 2.23. The van der Waals surface area contributed by atoms with Crippen LogP contribution in [0.2, 0.25) is 0 Å². The fourth-order valence-corrected chi connectivity index (χ4v) is 1.97. The van der Waals surface area contributed by atoms with Gasteiger partial charge in [0.15, 0.2) is 0 Å². The summed E-state index contributed by atoms with van der Waals surface area (Å²) in [5, 5.41) is 3.34. The number of nitrogens with one attached hydrogen (secondary N) is 1. The molecule has 90 valence electrons. The van der Waals surface area contributed by atoms with Gasteiger partial charge in [0.25, 0.3) is 0 Å². The van der Waals surface area contributed by atoms with Crippen LogP contribution in [-0.2, 0) is 13.1 Å². The number of nitrogens with zero attached hydrogens (tertiary/aromatic N) is 1. The summed E-state index contributed by atoms with van der Waals surface area (Å²) in [7, 11) is 2.18. The Bertz CT molecular complexity index is 317. The van der Waals surface area contributed by atoms with Crippen LogP contribution >= 0.6 is 0 Å². The lowest BCUT2D eigenvalue weighted by Crippen LogP contribution is -2.21. The monoisotopic (exact) mass is 222 g/mol. The Labute approximate surface area is 97.8 Å². The molecular formula is C13H22N2O. The Kier molecular flexibility index (Phi) is 4.02. The Morgan fingerprint density at radius 1 is 1.50 bits per heavy atom. The first-order valence-corrected chi connectivity index (χ1v) is 6.24. The molecule has 1 aromatic rings. The fourth-order valence-electron chi connectivity index (χ4n) is 1.97. The Morgan fingerprint density at radius 3 is 3.00 bits per heavy atom. The summed E-state index contributed by atoms with van der Waals surface area (Å²) in [6.07, 6.45) is 4.62. The molecule has 0 atom stereocenters. The van der Waals surface area contributed by atoms with Crippen molar-refractivity contribution in [1.82, 2.24) is 10.2 Å². The molecule has 1 N–H and O–H groups in total. The molecule has 0 bridgehead atoms. The number of furan rings is 1. The molecule has 3 heteroatoms. The zero-order valence-corrected chi connectivity index (χ0v) is 10.3. The predicted molar refractivity (Wildman–Crippen MR) is 65.1 cm³/mol. The van der Waals surface area contributed by atoms with Crippen LogP contribution in [-0.4, -0.2) is 25.0 Å². The molecule has 0 amide bonds. The summed E-state index contributed by atoms with van der Waals surface area (Å²) in [5.41, 5.74) is 1.30. The van der Waals surface area contributed by atoms with Gasteiger partial charge in [-0.15, -0.1) is 0 Å². The molecule has 0 unspecified atom stereocenters. The first kappa shape index (κ1) is 11.7. The molecule has 0 saturated heterocycles. The van der Waals surface area contributed by atoms with E-state index in [9.17, 15) is 0 Å². The van der Waals surface area contributed by atoms with Gasteiger partial charge in [0.2, 0.25) is 0 Å². The number of hydrogen-bond acceptors (Lipinski definition) is 3. The van der Waals surface area contributed by atoms with E-state index in [1.54, 1.807) is 6.26 Å². The van der Waals surface area contributed by atoms with Crippen molar-refractivity contribution < 1.29 is 4.42 Å². The zero-order valence-electron chi connectivity index (χ0n) is 10.3. The van der Waals surface area contributed by atoms with Crippen molar-refractivity contribution in [3.8, 4) is 0 Å². The quantitative estimate of drug-likeness (QED) is 0.767. The van der Waals surface area contributed by atoms with Gasteiger partial charge in [-0.3, -0.25) is 4.90 Å². The molecule has 1 aliphatic rings. The molecule has 0 spiro atoms. The maximum absolute atomic E-state index is 5.55. The molecule has 16 heavy (non-hydrogen) atoms. The van der Waals surface area contributed by atoms with Crippen LogP contribution in [0.3, 0.4) is 0 Å². The van der Waals surface area contributed by atoms with Crippen molar-refractivity contribution >= 4 is 0 Å². The Balaban J connectivity index is 1.84. The number of rotatable bonds is 7. The smallest absolute Gasteiger partial charge is 0.122 e. The van der Waals surface area contributed by atoms with Gasteiger partial charge in [0, 0.05) is 18.7 Å². The molecule has 1 aliphatic carbocycles. The largest absolute Gasteiger partial charge is 0.468 e. The molecule has 1 aromatic heterocycles. The topological polar surface area (TPSA) is 28.4 Å². The lowest BCUT2D eigenvalue weighted by Gasteiger charge is -2.15. The standard InChI is InChI=1S/C13H22N2O/c1-3-14-8-12-6-7-16-13(12)10-15(2)9-11-4-5-11/h6-7,11,14H,3-5,8-10H2,1-2H3. The molecule has 1 saturated carbocycles. The van der Waals surface area contributed by atoms with E-state index in [4.69, 9.17) is 4.42 Å². The molecule has 1 fully saturated rings. The van der Waals surface area contributed by atoms with E-state index in [1.807, 2.05) is 0 Å². The van der Waals surface area contributed by atoms with Crippen LogP contribution in [0.1, 0.15) is 31.1 Å². The second-order valence-corrected chi connectivity index (χ2v) is 4.79. The van der Waals surface area contributed by atoms with Gasteiger partial charge in [-0.2, -0.15) is 0 Å². The second-order valence-electron chi connectivity index (χ2n) is 4.79. The third-order valence-electron chi connectivity index (χ3n) is 3.08. The summed E-state index contributed by atoms with van der Waals surface area (Å²) in [4.78, 5) is 2.37. The van der Waals surface area contributed by atoms with Crippen LogP contribution in [0.4, 0.5) is 0 Å². The van der Waals surface area contributed by atoms with Gasteiger partial charge >= 0.3 is 0 Å². The van der Waals surface area contributed by atoms with Crippen LogP contribution in [0.15, 0.2) is 16.7 Å². The highest BCUT2D eigenvalue weighted by molar-refractivity contribution is 5.16. The van der Waals surface area contributed by atoms with Crippen LogP contribution in [0.25, 0.3) is 0 Å². The van der Waals surface area contributed by atoms with Crippen LogP contribution in [0, 0.1) is 5.92 Å². The van der Waals surface area contributed by atoms with Crippen molar-refractivity contribution in [2.45, 2.75) is 32.9 Å². The summed E-state index contributed by atoms with van der Waals surface area (Å²) in [6, 6.07) is 2.07. The van der Waals surface area contributed by atoms with Crippen LogP contribution < -0.4 is 5.32 Å². The lowest BCUT2D eigenvalue weighted by atomic mass is 10.2. The zero-order chi connectivity index (χ0) is 11.4. The highest BCUT2D eigenvalue weighted by atomic mass is 16.3.